The molecule has 1 aromatic carbocycles. The molecule has 1 aliphatic rings. The molecular formula is C17H18N4O5. The fraction of sp³-hybridized carbons (Fsp3) is 0.294. The first-order valence-corrected chi connectivity index (χ1v) is 8.07. The molecule has 1 amide bonds. The van der Waals surface area contributed by atoms with Crippen LogP contribution in [0.3, 0.4) is 0 Å². The molecule has 1 fully saturated rings. The van der Waals surface area contributed by atoms with Gasteiger partial charge in [-0.3, -0.25) is 9.59 Å². The molecule has 136 valence electrons. The minimum Gasteiger partial charge on any atom is -0.478 e. The molecule has 0 spiro atoms. The van der Waals surface area contributed by atoms with Gasteiger partial charge in [0.15, 0.2) is 0 Å². The van der Waals surface area contributed by atoms with Gasteiger partial charge in [0.25, 0.3) is 5.56 Å². The third kappa shape index (κ3) is 4.45. The minimum absolute atomic E-state index is 0.0728. The number of aromatic carboxylic acids is 1. The van der Waals surface area contributed by atoms with Crippen LogP contribution < -0.4 is 15.8 Å². The van der Waals surface area contributed by atoms with Crippen LogP contribution >= 0.6 is 0 Å². The molecule has 0 unspecified atom stereocenters. The Morgan fingerprint density at radius 2 is 2.04 bits per heavy atom. The number of hydrogen-bond donors (Lipinski definition) is 3. The van der Waals surface area contributed by atoms with E-state index in [2.05, 4.69) is 15.3 Å². The molecule has 1 aromatic heterocycles. The Labute approximate surface area is 148 Å². The normalized spacial score (nSPS) is 14.1. The summed E-state index contributed by atoms with van der Waals surface area (Å²) < 4.78 is 5.28. The molecule has 1 aliphatic heterocycles. The maximum absolute atomic E-state index is 12.2. The molecule has 0 aliphatic carbocycles. The van der Waals surface area contributed by atoms with Crippen molar-refractivity contribution in [1.82, 2.24) is 9.97 Å². The summed E-state index contributed by atoms with van der Waals surface area (Å²) in [6.07, 6.45) is -0.134. The van der Waals surface area contributed by atoms with Crippen molar-refractivity contribution in [3.8, 4) is 0 Å². The van der Waals surface area contributed by atoms with Crippen molar-refractivity contribution < 1.29 is 19.4 Å². The number of aromatic nitrogens is 2. The molecule has 0 bridgehead atoms. The fourth-order valence-electron chi connectivity index (χ4n) is 2.62. The Kier molecular flexibility index (Phi) is 5.28. The number of hydrogen-bond acceptors (Lipinski definition) is 6. The van der Waals surface area contributed by atoms with E-state index in [1.54, 1.807) is 6.07 Å². The van der Waals surface area contributed by atoms with E-state index in [1.807, 2.05) is 4.90 Å². The summed E-state index contributed by atoms with van der Waals surface area (Å²) in [7, 11) is 0. The van der Waals surface area contributed by atoms with Crippen molar-refractivity contribution in [2.24, 2.45) is 0 Å². The quantitative estimate of drug-likeness (QED) is 0.710. The number of ether oxygens (including phenoxy) is 1. The zero-order valence-electron chi connectivity index (χ0n) is 13.9. The first-order chi connectivity index (χ1) is 12.5. The monoisotopic (exact) mass is 358 g/mol. The Bertz CT molecular complexity index is 873. The van der Waals surface area contributed by atoms with Crippen molar-refractivity contribution >= 4 is 23.4 Å². The van der Waals surface area contributed by atoms with Crippen LogP contribution in [0, 0.1) is 0 Å². The van der Waals surface area contributed by atoms with E-state index >= 15 is 0 Å². The molecule has 9 heteroatoms. The first kappa shape index (κ1) is 17.6. The number of carboxylic acids is 1. The van der Waals surface area contributed by atoms with Gasteiger partial charge in [0, 0.05) is 24.8 Å². The largest absolute Gasteiger partial charge is 0.478 e. The predicted octanol–water partition coefficient (Wildman–Crippen LogP) is 0.486. The average molecular weight is 358 g/mol. The zero-order chi connectivity index (χ0) is 18.5. The Morgan fingerprint density at radius 1 is 1.27 bits per heavy atom. The summed E-state index contributed by atoms with van der Waals surface area (Å²) in [5.41, 5.74) is 0.0994. The maximum atomic E-state index is 12.2. The third-order valence-corrected chi connectivity index (χ3v) is 3.83. The Balaban J connectivity index is 1.71. The number of aromatic amines is 1. The van der Waals surface area contributed by atoms with E-state index in [-0.39, 0.29) is 23.4 Å². The Hall–Kier alpha value is -3.20. The number of rotatable bonds is 5. The highest BCUT2D eigenvalue weighted by atomic mass is 16.5. The van der Waals surface area contributed by atoms with Crippen molar-refractivity contribution in [2.75, 3.05) is 36.5 Å². The van der Waals surface area contributed by atoms with Crippen molar-refractivity contribution in [3.63, 3.8) is 0 Å². The lowest BCUT2D eigenvalue weighted by Crippen LogP contribution is -2.37. The van der Waals surface area contributed by atoms with Crippen LogP contribution in [0.25, 0.3) is 0 Å². The lowest BCUT2D eigenvalue weighted by atomic mass is 10.2. The smallest absolute Gasteiger partial charge is 0.335 e. The highest BCUT2D eigenvalue weighted by molar-refractivity contribution is 5.94. The summed E-state index contributed by atoms with van der Waals surface area (Å²) >= 11 is 0. The topological polar surface area (TPSA) is 125 Å². The van der Waals surface area contributed by atoms with Gasteiger partial charge in [-0.15, -0.1) is 0 Å². The highest BCUT2D eigenvalue weighted by Crippen LogP contribution is 2.13. The molecular weight excluding hydrogens is 340 g/mol. The van der Waals surface area contributed by atoms with Gasteiger partial charge in [-0.1, -0.05) is 6.07 Å². The van der Waals surface area contributed by atoms with Crippen LogP contribution in [0.1, 0.15) is 16.2 Å². The molecule has 1 saturated heterocycles. The summed E-state index contributed by atoms with van der Waals surface area (Å²) in [5.74, 6) is -0.737. The predicted molar refractivity (Wildman–Crippen MR) is 93.6 cm³/mol. The van der Waals surface area contributed by atoms with E-state index in [9.17, 15) is 14.4 Å². The number of carboxylic acid groups (broad SMARTS) is 1. The number of morpholine rings is 1. The van der Waals surface area contributed by atoms with Crippen molar-refractivity contribution in [1.29, 1.82) is 0 Å². The van der Waals surface area contributed by atoms with Gasteiger partial charge in [-0.2, -0.15) is 0 Å². The number of nitrogens with zero attached hydrogens (tertiary/aromatic N) is 2. The molecule has 0 radical (unpaired) electrons. The van der Waals surface area contributed by atoms with E-state index in [0.717, 1.165) is 0 Å². The van der Waals surface area contributed by atoms with E-state index < -0.39 is 11.9 Å². The third-order valence-electron chi connectivity index (χ3n) is 3.83. The van der Waals surface area contributed by atoms with Crippen LogP contribution in [0.5, 0.6) is 0 Å². The maximum Gasteiger partial charge on any atom is 0.335 e. The molecule has 3 rings (SSSR count). The van der Waals surface area contributed by atoms with Crippen molar-refractivity contribution in [3.05, 3.63) is 52.1 Å². The van der Waals surface area contributed by atoms with Gasteiger partial charge in [0.05, 0.1) is 25.2 Å². The summed E-state index contributed by atoms with van der Waals surface area (Å²) in [5, 5.41) is 11.6. The highest BCUT2D eigenvalue weighted by Gasteiger charge is 2.15. The lowest BCUT2D eigenvalue weighted by molar-refractivity contribution is -0.115. The molecule has 0 saturated carbocycles. The van der Waals surface area contributed by atoms with Crippen LogP contribution in [0.2, 0.25) is 0 Å². The van der Waals surface area contributed by atoms with E-state index in [4.69, 9.17) is 9.84 Å². The second kappa shape index (κ2) is 7.79. The van der Waals surface area contributed by atoms with Crippen LogP contribution in [0.4, 0.5) is 11.5 Å². The molecule has 26 heavy (non-hydrogen) atoms. The summed E-state index contributed by atoms with van der Waals surface area (Å²) in [6.45, 7) is 2.38. The minimum atomic E-state index is -1.08. The van der Waals surface area contributed by atoms with Crippen LogP contribution in [-0.2, 0) is 16.0 Å². The molecule has 3 N–H and O–H groups in total. The second-order valence-corrected chi connectivity index (χ2v) is 5.76. The van der Waals surface area contributed by atoms with Crippen molar-refractivity contribution in [2.45, 2.75) is 6.42 Å². The first-order valence-electron chi connectivity index (χ1n) is 8.07. The molecule has 9 nitrogen and oxygen atoms in total. The number of nitrogens with one attached hydrogen (secondary N) is 2. The number of H-pyrrole nitrogens is 1. The lowest BCUT2D eigenvalue weighted by Gasteiger charge is -2.27. The number of carbonyl (C=O) groups excluding carboxylic acids is 1. The summed E-state index contributed by atoms with van der Waals surface area (Å²) in [4.78, 5) is 43.9. The zero-order valence-corrected chi connectivity index (χ0v) is 13.9. The SMILES string of the molecule is O=C(Cc1nc(N2CCOCC2)cc(=O)[nH]1)Nc1cccc(C(=O)O)c1. The molecule has 2 aromatic rings. The van der Waals surface area contributed by atoms with Gasteiger partial charge in [0.2, 0.25) is 5.91 Å². The molecule has 2 heterocycles. The van der Waals surface area contributed by atoms with Gasteiger partial charge in [-0.05, 0) is 18.2 Å². The standard InChI is InChI=1S/C17H18N4O5/c22-15(18-12-3-1-2-11(8-12)17(24)25)9-13-19-14(10-16(23)20-13)21-4-6-26-7-5-21/h1-3,8,10H,4-7,9H2,(H,18,22)(H,24,25)(H,19,20,23). The van der Waals surface area contributed by atoms with Crippen LogP contribution in [-0.4, -0.2) is 53.3 Å². The number of benzene rings is 1. The van der Waals surface area contributed by atoms with E-state index in [1.165, 1.54) is 24.3 Å². The van der Waals surface area contributed by atoms with Gasteiger partial charge in [0.1, 0.15) is 11.6 Å². The fourth-order valence-corrected chi connectivity index (χ4v) is 2.62. The Morgan fingerprint density at radius 3 is 2.77 bits per heavy atom. The number of anilines is 2. The molecule has 0 atom stereocenters. The van der Waals surface area contributed by atoms with Gasteiger partial charge in [-0.25, -0.2) is 9.78 Å². The number of carbonyl (C=O) groups is 2. The van der Waals surface area contributed by atoms with Crippen LogP contribution in [0.15, 0.2) is 35.1 Å². The second-order valence-electron chi connectivity index (χ2n) is 5.76. The van der Waals surface area contributed by atoms with Gasteiger partial charge >= 0.3 is 5.97 Å². The average Bonchev–Trinajstić information content (AvgIpc) is 2.62. The van der Waals surface area contributed by atoms with E-state index in [0.29, 0.717) is 37.8 Å². The number of amides is 1. The summed E-state index contributed by atoms with van der Waals surface area (Å²) in [6, 6.07) is 7.31. The van der Waals surface area contributed by atoms with Gasteiger partial charge < -0.3 is 25.0 Å².